The second-order valence-corrected chi connectivity index (χ2v) is 3.58. The lowest BCUT2D eigenvalue weighted by Crippen LogP contribution is -2.24. The van der Waals surface area contributed by atoms with E-state index in [2.05, 4.69) is 5.32 Å². The molecule has 2 nitrogen and oxygen atoms in total. The molecule has 0 unspecified atom stereocenters. The van der Waals surface area contributed by atoms with E-state index < -0.39 is 0 Å². The van der Waals surface area contributed by atoms with Crippen LogP contribution in [0.3, 0.4) is 0 Å². The summed E-state index contributed by atoms with van der Waals surface area (Å²) in [7, 11) is 1.62. The Balaban J connectivity index is 2.36. The highest BCUT2D eigenvalue weighted by Gasteiger charge is 2.14. The number of nitrogens with one attached hydrogen (secondary N) is 1. The van der Waals surface area contributed by atoms with Gasteiger partial charge in [0.25, 0.3) is 0 Å². The average Bonchev–Trinajstić information content (AvgIpc) is 2.18. The number of ether oxygens (including phenoxy) is 1. The number of fused-ring (bicyclic) bond motifs is 1. The van der Waals surface area contributed by atoms with Crippen molar-refractivity contribution >= 4 is 0 Å². The van der Waals surface area contributed by atoms with Crippen LogP contribution in [0.1, 0.15) is 16.7 Å². The summed E-state index contributed by atoms with van der Waals surface area (Å²) < 4.78 is 18.6. The molecule has 0 fully saturated rings. The SMILES string of the molecule is COCc1cc(F)c2c(c1)CCNC2. The highest BCUT2D eigenvalue weighted by atomic mass is 19.1. The molecule has 0 aliphatic carbocycles. The summed E-state index contributed by atoms with van der Waals surface area (Å²) in [5.74, 6) is -0.109. The lowest BCUT2D eigenvalue weighted by atomic mass is 9.98. The number of methoxy groups -OCH3 is 1. The maximum atomic E-state index is 13.6. The smallest absolute Gasteiger partial charge is 0.128 e. The summed E-state index contributed by atoms with van der Waals surface area (Å²) in [6, 6.07) is 3.61. The van der Waals surface area contributed by atoms with Gasteiger partial charge in [0.2, 0.25) is 0 Å². The van der Waals surface area contributed by atoms with Gasteiger partial charge in [-0.1, -0.05) is 6.07 Å². The fourth-order valence-electron chi connectivity index (χ4n) is 1.86. The van der Waals surface area contributed by atoms with Crippen LogP contribution in [-0.2, 0) is 24.3 Å². The summed E-state index contributed by atoms with van der Waals surface area (Å²) in [5.41, 5.74) is 2.86. The molecular weight excluding hydrogens is 181 g/mol. The van der Waals surface area contributed by atoms with Crippen molar-refractivity contribution in [2.45, 2.75) is 19.6 Å². The van der Waals surface area contributed by atoms with Gasteiger partial charge in [-0.3, -0.25) is 0 Å². The molecule has 0 spiro atoms. The number of hydrogen-bond donors (Lipinski definition) is 1. The molecule has 0 saturated carbocycles. The quantitative estimate of drug-likeness (QED) is 0.774. The molecule has 3 heteroatoms. The van der Waals surface area contributed by atoms with Crippen LogP contribution in [0, 0.1) is 5.82 Å². The van der Waals surface area contributed by atoms with Crippen molar-refractivity contribution in [3.63, 3.8) is 0 Å². The highest BCUT2D eigenvalue weighted by molar-refractivity contribution is 5.34. The van der Waals surface area contributed by atoms with Gasteiger partial charge in [-0.05, 0) is 30.2 Å². The van der Waals surface area contributed by atoms with Crippen LogP contribution >= 0.6 is 0 Å². The zero-order chi connectivity index (χ0) is 9.97. The van der Waals surface area contributed by atoms with Crippen LogP contribution in [0.15, 0.2) is 12.1 Å². The van der Waals surface area contributed by atoms with Crippen molar-refractivity contribution in [1.29, 1.82) is 0 Å². The Labute approximate surface area is 83.1 Å². The van der Waals surface area contributed by atoms with Crippen molar-refractivity contribution in [2.24, 2.45) is 0 Å². The lowest BCUT2D eigenvalue weighted by molar-refractivity contribution is 0.184. The van der Waals surface area contributed by atoms with E-state index in [1.165, 1.54) is 0 Å². The Morgan fingerprint density at radius 2 is 2.36 bits per heavy atom. The first kappa shape index (κ1) is 9.62. The molecule has 2 rings (SSSR count). The molecule has 1 N–H and O–H groups in total. The van der Waals surface area contributed by atoms with Gasteiger partial charge >= 0.3 is 0 Å². The summed E-state index contributed by atoms with van der Waals surface area (Å²) in [4.78, 5) is 0. The first-order valence-corrected chi connectivity index (χ1v) is 4.81. The molecule has 1 aliphatic heterocycles. The number of hydrogen-bond acceptors (Lipinski definition) is 2. The Morgan fingerprint density at radius 3 is 3.14 bits per heavy atom. The Morgan fingerprint density at radius 1 is 1.50 bits per heavy atom. The van der Waals surface area contributed by atoms with Gasteiger partial charge in [0.15, 0.2) is 0 Å². The molecule has 1 heterocycles. The van der Waals surface area contributed by atoms with E-state index in [1.807, 2.05) is 6.07 Å². The number of rotatable bonds is 2. The van der Waals surface area contributed by atoms with Crippen LogP contribution < -0.4 is 5.32 Å². The molecule has 1 aliphatic rings. The van der Waals surface area contributed by atoms with Crippen LogP contribution in [0.2, 0.25) is 0 Å². The minimum absolute atomic E-state index is 0.109. The molecular formula is C11H14FNO. The maximum Gasteiger partial charge on any atom is 0.128 e. The first-order chi connectivity index (χ1) is 6.81. The standard InChI is InChI=1S/C11H14FNO/c1-14-7-8-4-9-2-3-13-6-10(9)11(12)5-8/h4-5,13H,2-3,6-7H2,1H3. The Bertz CT molecular complexity index is 338. The van der Waals surface area contributed by atoms with Crippen molar-refractivity contribution < 1.29 is 9.13 Å². The van der Waals surface area contributed by atoms with Crippen LogP contribution in [0.25, 0.3) is 0 Å². The van der Waals surface area contributed by atoms with E-state index in [0.29, 0.717) is 13.2 Å². The van der Waals surface area contributed by atoms with Crippen LogP contribution in [-0.4, -0.2) is 13.7 Å². The lowest BCUT2D eigenvalue weighted by Gasteiger charge is -2.18. The predicted octanol–water partition coefficient (Wildman–Crippen LogP) is 1.62. The summed E-state index contributed by atoms with van der Waals surface area (Å²) in [5, 5.41) is 3.16. The minimum Gasteiger partial charge on any atom is -0.380 e. The van der Waals surface area contributed by atoms with E-state index in [-0.39, 0.29) is 5.82 Å². The molecule has 1 aromatic rings. The van der Waals surface area contributed by atoms with Gasteiger partial charge in [-0.2, -0.15) is 0 Å². The van der Waals surface area contributed by atoms with Gasteiger partial charge in [0, 0.05) is 19.2 Å². The molecule has 14 heavy (non-hydrogen) atoms. The van der Waals surface area contributed by atoms with Crippen LogP contribution in [0.4, 0.5) is 4.39 Å². The molecule has 76 valence electrons. The summed E-state index contributed by atoms with van der Waals surface area (Å²) in [6.07, 6.45) is 0.907. The predicted molar refractivity (Wildman–Crippen MR) is 52.5 cm³/mol. The van der Waals surface area contributed by atoms with E-state index in [1.54, 1.807) is 13.2 Å². The third-order valence-electron chi connectivity index (χ3n) is 2.53. The van der Waals surface area contributed by atoms with Gasteiger partial charge in [0.05, 0.1) is 6.61 Å². The van der Waals surface area contributed by atoms with Crippen molar-refractivity contribution in [2.75, 3.05) is 13.7 Å². The van der Waals surface area contributed by atoms with Gasteiger partial charge in [-0.15, -0.1) is 0 Å². The molecule has 0 radical (unpaired) electrons. The fraction of sp³-hybridized carbons (Fsp3) is 0.455. The van der Waals surface area contributed by atoms with Crippen molar-refractivity contribution in [3.05, 3.63) is 34.6 Å². The van der Waals surface area contributed by atoms with Gasteiger partial charge in [-0.25, -0.2) is 4.39 Å². The monoisotopic (exact) mass is 195 g/mol. The zero-order valence-corrected chi connectivity index (χ0v) is 8.27. The van der Waals surface area contributed by atoms with Crippen molar-refractivity contribution in [1.82, 2.24) is 5.32 Å². The van der Waals surface area contributed by atoms with Gasteiger partial charge < -0.3 is 10.1 Å². The first-order valence-electron chi connectivity index (χ1n) is 4.81. The molecule has 0 saturated heterocycles. The fourth-order valence-corrected chi connectivity index (χ4v) is 1.86. The topological polar surface area (TPSA) is 21.3 Å². The average molecular weight is 195 g/mol. The molecule has 0 atom stereocenters. The minimum atomic E-state index is -0.109. The second-order valence-electron chi connectivity index (χ2n) is 3.58. The van der Waals surface area contributed by atoms with E-state index >= 15 is 0 Å². The van der Waals surface area contributed by atoms with E-state index in [0.717, 1.165) is 29.7 Å². The second kappa shape index (κ2) is 4.07. The summed E-state index contributed by atoms with van der Waals surface area (Å²) >= 11 is 0. The molecule has 0 bridgehead atoms. The third-order valence-corrected chi connectivity index (χ3v) is 2.53. The largest absolute Gasteiger partial charge is 0.380 e. The Hall–Kier alpha value is -0.930. The maximum absolute atomic E-state index is 13.6. The Kier molecular flexibility index (Phi) is 2.79. The third kappa shape index (κ3) is 1.79. The zero-order valence-electron chi connectivity index (χ0n) is 8.27. The van der Waals surface area contributed by atoms with Crippen LogP contribution in [0.5, 0.6) is 0 Å². The van der Waals surface area contributed by atoms with Crippen molar-refractivity contribution in [3.8, 4) is 0 Å². The summed E-state index contributed by atoms with van der Waals surface area (Å²) in [6.45, 7) is 2.06. The van der Waals surface area contributed by atoms with E-state index in [9.17, 15) is 4.39 Å². The van der Waals surface area contributed by atoms with Gasteiger partial charge in [0.1, 0.15) is 5.82 Å². The van der Waals surface area contributed by atoms with E-state index in [4.69, 9.17) is 4.74 Å². The highest BCUT2D eigenvalue weighted by Crippen LogP contribution is 2.20. The normalized spacial score (nSPS) is 15.3. The molecule has 1 aromatic carbocycles. The molecule has 0 amide bonds. The number of benzene rings is 1. The molecule has 0 aromatic heterocycles. The number of halogens is 1.